The van der Waals surface area contributed by atoms with Crippen molar-refractivity contribution in [2.75, 3.05) is 0 Å². The molecule has 0 saturated heterocycles. The zero-order valence-electron chi connectivity index (χ0n) is 30.3. The van der Waals surface area contributed by atoms with E-state index in [4.69, 9.17) is 19.4 Å². The third kappa shape index (κ3) is 8.23. The second kappa shape index (κ2) is 17.2. The van der Waals surface area contributed by atoms with E-state index >= 15 is 0 Å². The number of aryl methyl sites for hydroxylation is 4. The van der Waals surface area contributed by atoms with Gasteiger partial charge in [0.15, 0.2) is 0 Å². The van der Waals surface area contributed by atoms with Gasteiger partial charge in [-0.25, -0.2) is 0 Å². The molecule has 8 rings (SSSR count). The van der Waals surface area contributed by atoms with Gasteiger partial charge >= 0.3 is 34.5 Å². The molecule has 0 aromatic heterocycles. The van der Waals surface area contributed by atoms with Crippen molar-refractivity contribution in [1.29, 1.82) is 0 Å². The molecule has 0 N–H and O–H groups in total. The van der Waals surface area contributed by atoms with Crippen LogP contribution in [0.2, 0.25) is 0 Å². The van der Waals surface area contributed by atoms with Crippen molar-refractivity contribution in [3.63, 3.8) is 0 Å². The van der Waals surface area contributed by atoms with E-state index in [-0.39, 0.29) is 15.1 Å². The van der Waals surface area contributed by atoms with Crippen LogP contribution in [0.1, 0.15) is 22.3 Å². The second-order valence-electron chi connectivity index (χ2n) is 13.7. The predicted octanol–water partition coefficient (Wildman–Crippen LogP) is 11.3. The molecule has 0 bridgehead atoms. The Kier molecular flexibility index (Phi) is 12.2. The third-order valence-corrected chi connectivity index (χ3v) is 15.6. The molecule has 0 heterocycles. The number of halogens is 2. The summed E-state index contributed by atoms with van der Waals surface area (Å²) in [7, 11) is 6.88. The second-order valence-corrected chi connectivity index (χ2v) is 21.2. The number of hydrogen-bond donors (Lipinski definition) is 0. The molecule has 264 valence electrons. The SMILES string of the molecule is Cc1ccc([PH+](c2ccc(C)cc2)c2ccc3ccccc3c2-c2c([PH+](c3ccc(C)cc3)c3ccc(C)cc3)ccc3ccccc23)cc1.[Cl][Ru][Cl]. The van der Waals surface area contributed by atoms with Crippen molar-refractivity contribution >= 4 is 88.6 Å². The van der Waals surface area contributed by atoms with E-state index in [0.29, 0.717) is 0 Å². The van der Waals surface area contributed by atoms with Crippen LogP contribution >= 0.6 is 35.2 Å². The Bertz CT molecular complexity index is 2210. The van der Waals surface area contributed by atoms with Crippen LogP contribution in [0, 0.1) is 27.7 Å². The van der Waals surface area contributed by atoms with Gasteiger partial charge in [-0.05, 0) is 110 Å². The fourth-order valence-electron chi connectivity index (χ4n) is 7.33. The molecule has 5 heteroatoms. The maximum atomic E-state index is 4.85. The van der Waals surface area contributed by atoms with Crippen LogP contribution in [0.3, 0.4) is 0 Å². The van der Waals surface area contributed by atoms with E-state index in [9.17, 15) is 0 Å². The first-order valence-electron chi connectivity index (χ1n) is 17.8. The summed E-state index contributed by atoms with van der Waals surface area (Å²) in [5.41, 5.74) is 7.92. The van der Waals surface area contributed by atoms with Crippen molar-refractivity contribution in [3.8, 4) is 11.1 Å². The summed E-state index contributed by atoms with van der Waals surface area (Å²) >= 11 is -0.346. The average molecular weight is 853 g/mol. The van der Waals surface area contributed by atoms with Crippen LogP contribution < -0.4 is 31.8 Å². The molecule has 0 unspecified atom stereocenters. The Labute approximate surface area is 332 Å². The maximum absolute atomic E-state index is 4.85. The fraction of sp³-hybridized carbons (Fsp3) is 0.0833. The summed E-state index contributed by atoms with van der Waals surface area (Å²) in [5, 5.41) is 13.7. The predicted molar refractivity (Wildman–Crippen MR) is 238 cm³/mol. The van der Waals surface area contributed by atoms with Crippen LogP contribution in [-0.2, 0) is 15.1 Å². The molecule has 0 amide bonds. The Balaban J connectivity index is 0.00000140. The summed E-state index contributed by atoms with van der Waals surface area (Å²) in [6.07, 6.45) is 0. The van der Waals surface area contributed by atoms with Gasteiger partial charge in [0, 0.05) is 11.1 Å². The third-order valence-electron chi connectivity index (χ3n) is 10.0. The molecule has 0 radical (unpaired) electrons. The van der Waals surface area contributed by atoms with Gasteiger partial charge in [-0.15, -0.1) is 0 Å². The van der Waals surface area contributed by atoms with Crippen LogP contribution in [0.15, 0.2) is 170 Å². The van der Waals surface area contributed by atoms with E-state index in [1.807, 2.05) is 0 Å². The zero-order chi connectivity index (χ0) is 36.9. The number of benzene rings is 8. The number of rotatable bonds is 7. The minimum absolute atomic E-state index is 0.346. The van der Waals surface area contributed by atoms with Gasteiger partial charge in [-0.2, -0.15) is 0 Å². The van der Waals surface area contributed by atoms with E-state index in [1.54, 1.807) is 0 Å². The van der Waals surface area contributed by atoms with Gasteiger partial charge in [0.25, 0.3) is 0 Å². The molecule has 0 saturated carbocycles. The van der Waals surface area contributed by atoms with E-state index in [0.717, 1.165) is 0 Å². The van der Waals surface area contributed by atoms with Crippen molar-refractivity contribution in [2.24, 2.45) is 0 Å². The van der Waals surface area contributed by atoms with Crippen LogP contribution in [-0.4, -0.2) is 0 Å². The summed E-state index contributed by atoms with van der Waals surface area (Å²) in [5.74, 6) is 0. The van der Waals surface area contributed by atoms with Gasteiger partial charge in [0.05, 0.1) is 15.8 Å². The Hall–Kier alpha value is -3.66. The summed E-state index contributed by atoms with van der Waals surface area (Å²) in [6, 6.07) is 65.0. The topological polar surface area (TPSA) is 0 Å². The summed E-state index contributed by atoms with van der Waals surface area (Å²) in [4.78, 5) is 0. The molecule has 0 nitrogen and oxygen atoms in total. The number of fused-ring (bicyclic) bond motifs is 2. The Morgan fingerprint density at radius 2 is 0.604 bits per heavy atom. The summed E-state index contributed by atoms with van der Waals surface area (Å²) < 4.78 is 0. The molecule has 8 aromatic rings. The molecule has 0 atom stereocenters. The van der Waals surface area contributed by atoms with Crippen molar-refractivity contribution in [2.45, 2.75) is 27.7 Å². The molecule has 0 aliphatic rings. The molecule has 0 spiro atoms. The minimum atomic E-state index is -1.42. The van der Waals surface area contributed by atoms with Crippen LogP contribution in [0.25, 0.3) is 32.7 Å². The first-order valence-corrected chi connectivity index (χ1v) is 25.3. The quantitative estimate of drug-likeness (QED) is 0.111. The molecule has 0 aliphatic carbocycles. The van der Waals surface area contributed by atoms with E-state index in [1.165, 1.54) is 86.8 Å². The zero-order valence-corrected chi connectivity index (χ0v) is 35.5. The van der Waals surface area contributed by atoms with Gasteiger partial charge in [0.1, 0.15) is 31.8 Å². The van der Waals surface area contributed by atoms with Crippen LogP contribution in [0.4, 0.5) is 0 Å². The van der Waals surface area contributed by atoms with E-state index < -0.39 is 15.8 Å². The average Bonchev–Trinajstić information content (AvgIpc) is 3.18. The number of hydrogen-bond acceptors (Lipinski definition) is 0. The molecule has 53 heavy (non-hydrogen) atoms. The normalized spacial score (nSPS) is 11.3. The Morgan fingerprint density at radius 1 is 0.340 bits per heavy atom. The van der Waals surface area contributed by atoms with Gasteiger partial charge in [-0.3, -0.25) is 0 Å². The van der Waals surface area contributed by atoms with Gasteiger partial charge < -0.3 is 0 Å². The van der Waals surface area contributed by atoms with Gasteiger partial charge in [0.2, 0.25) is 0 Å². The Morgan fingerprint density at radius 3 is 0.887 bits per heavy atom. The van der Waals surface area contributed by atoms with Crippen molar-refractivity contribution in [3.05, 3.63) is 192 Å². The first-order chi connectivity index (χ1) is 25.9. The fourth-order valence-corrected chi connectivity index (χ4v) is 12.8. The molecule has 0 fully saturated rings. The van der Waals surface area contributed by atoms with E-state index in [2.05, 4.69) is 198 Å². The van der Waals surface area contributed by atoms with Crippen molar-refractivity contribution in [1.82, 2.24) is 0 Å². The van der Waals surface area contributed by atoms with Crippen molar-refractivity contribution < 1.29 is 15.1 Å². The monoisotopic (exact) mass is 852 g/mol. The molecular formula is C48H42Cl2P2Ru+2. The molecular weight excluding hydrogens is 810 g/mol. The van der Waals surface area contributed by atoms with Gasteiger partial charge in [-0.1, -0.05) is 131 Å². The summed E-state index contributed by atoms with van der Waals surface area (Å²) in [6.45, 7) is 8.74. The van der Waals surface area contributed by atoms with Crippen LogP contribution in [0.5, 0.6) is 0 Å². The first kappa shape index (κ1) is 37.7. The molecule has 8 aromatic carbocycles. The molecule has 0 aliphatic heterocycles. The standard InChI is InChI=1S/C48H40P2.2ClH.Ru/c1-33-13-23-39(24-14-33)49(40-25-15-34(2)16-26-40)45-31-21-37-9-5-7-11-43(37)47(45)48-44-12-8-6-10-38(44)22-32-46(48)50(41-27-17-35(3)18-28-41)42-29-19-36(4)20-30-42;;;/h5-32H,1-4H3;2*1H;/q;;;+2.